The molecule has 7 nitrogen and oxygen atoms in total. The van der Waals surface area contributed by atoms with Crippen LogP contribution in [0.1, 0.15) is 17.3 Å². The van der Waals surface area contributed by atoms with Crippen LogP contribution in [0.2, 0.25) is 0 Å². The zero-order valence-corrected chi connectivity index (χ0v) is 19.3. The van der Waals surface area contributed by atoms with E-state index in [1.807, 2.05) is 6.92 Å². The number of carbonyl (C=O) groups is 2. The minimum absolute atomic E-state index is 0.226. The quantitative estimate of drug-likeness (QED) is 0.626. The Morgan fingerprint density at radius 2 is 1.93 bits per heavy atom. The van der Waals surface area contributed by atoms with Crippen LogP contribution in [0.25, 0.3) is 0 Å². The van der Waals surface area contributed by atoms with Crippen molar-refractivity contribution in [2.45, 2.75) is 13.0 Å². The Kier molecular flexibility index (Phi) is 7.49. The SMILES string of the molecule is CCOc1c(Br)cc(C(=O)N2CSCC2C(=O)Nc2ccc(OC)cc2)cc1OC. The first-order valence-corrected chi connectivity index (χ1v) is 11.3. The molecule has 0 radical (unpaired) electrons. The van der Waals surface area contributed by atoms with E-state index in [0.29, 0.717) is 51.2 Å². The molecule has 1 fully saturated rings. The molecule has 160 valence electrons. The molecule has 30 heavy (non-hydrogen) atoms. The zero-order chi connectivity index (χ0) is 21.7. The summed E-state index contributed by atoms with van der Waals surface area (Å²) >= 11 is 4.99. The van der Waals surface area contributed by atoms with E-state index in [-0.39, 0.29) is 11.8 Å². The number of ether oxygens (including phenoxy) is 3. The summed E-state index contributed by atoms with van der Waals surface area (Å²) in [6.45, 7) is 2.34. The molecule has 0 aliphatic carbocycles. The molecule has 0 bridgehead atoms. The first kappa shape index (κ1) is 22.3. The van der Waals surface area contributed by atoms with Gasteiger partial charge in [-0.25, -0.2) is 0 Å². The predicted molar refractivity (Wildman–Crippen MR) is 121 cm³/mol. The Bertz CT molecular complexity index is 922. The van der Waals surface area contributed by atoms with Gasteiger partial charge in [0.25, 0.3) is 5.91 Å². The number of nitrogens with zero attached hydrogens (tertiary/aromatic N) is 1. The maximum atomic E-state index is 13.2. The average Bonchev–Trinajstić information content (AvgIpc) is 3.25. The highest BCUT2D eigenvalue weighted by molar-refractivity contribution is 9.10. The van der Waals surface area contributed by atoms with E-state index in [1.54, 1.807) is 60.2 Å². The summed E-state index contributed by atoms with van der Waals surface area (Å²) in [7, 11) is 3.11. The number of thioether (sulfide) groups is 1. The fraction of sp³-hybridized carbons (Fsp3) is 0.333. The number of anilines is 1. The lowest BCUT2D eigenvalue weighted by molar-refractivity contribution is -0.119. The molecule has 9 heteroatoms. The largest absolute Gasteiger partial charge is 0.497 e. The van der Waals surface area contributed by atoms with Crippen LogP contribution in [0.4, 0.5) is 5.69 Å². The van der Waals surface area contributed by atoms with Crippen LogP contribution in [-0.2, 0) is 4.79 Å². The van der Waals surface area contributed by atoms with Gasteiger partial charge >= 0.3 is 0 Å². The van der Waals surface area contributed by atoms with Gasteiger partial charge < -0.3 is 24.4 Å². The van der Waals surface area contributed by atoms with E-state index >= 15 is 0 Å². The van der Waals surface area contributed by atoms with Crippen LogP contribution >= 0.6 is 27.7 Å². The molecular formula is C21H23BrN2O5S. The van der Waals surface area contributed by atoms with Gasteiger partial charge in [-0.1, -0.05) is 0 Å². The van der Waals surface area contributed by atoms with Gasteiger partial charge in [0.15, 0.2) is 11.5 Å². The number of nitrogens with one attached hydrogen (secondary N) is 1. The van der Waals surface area contributed by atoms with Crippen molar-refractivity contribution in [3.8, 4) is 17.2 Å². The fourth-order valence-corrected chi connectivity index (χ4v) is 4.76. The molecular weight excluding hydrogens is 472 g/mol. The molecule has 3 rings (SSSR count). The third-order valence-electron chi connectivity index (χ3n) is 4.57. The standard InChI is InChI=1S/C21H23BrN2O5S/c1-4-29-19-16(22)9-13(10-18(19)28-3)21(26)24-12-30-11-17(24)20(25)23-14-5-7-15(27-2)8-6-14/h5-10,17H,4,11-12H2,1-3H3,(H,23,25). The predicted octanol–water partition coefficient (Wildman–Crippen LogP) is 4.02. The summed E-state index contributed by atoms with van der Waals surface area (Å²) in [6.07, 6.45) is 0. The van der Waals surface area contributed by atoms with Crippen LogP contribution < -0.4 is 19.5 Å². The molecule has 1 saturated heterocycles. The molecule has 1 aliphatic heterocycles. The molecule has 1 atom stereocenters. The Morgan fingerprint density at radius 3 is 2.57 bits per heavy atom. The lowest BCUT2D eigenvalue weighted by Crippen LogP contribution is -2.44. The van der Waals surface area contributed by atoms with E-state index in [0.717, 1.165) is 0 Å². The smallest absolute Gasteiger partial charge is 0.255 e. The molecule has 1 aliphatic rings. The Balaban J connectivity index is 1.78. The third-order valence-corrected chi connectivity index (χ3v) is 6.17. The van der Waals surface area contributed by atoms with Gasteiger partial charge in [0, 0.05) is 17.0 Å². The summed E-state index contributed by atoms with van der Waals surface area (Å²) in [6, 6.07) is 9.83. The van der Waals surface area contributed by atoms with E-state index in [1.165, 1.54) is 7.11 Å². The highest BCUT2D eigenvalue weighted by atomic mass is 79.9. The lowest BCUT2D eigenvalue weighted by atomic mass is 10.1. The minimum Gasteiger partial charge on any atom is -0.497 e. The monoisotopic (exact) mass is 494 g/mol. The number of hydrogen-bond donors (Lipinski definition) is 1. The van der Waals surface area contributed by atoms with E-state index in [4.69, 9.17) is 14.2 Å². The maximum Gasteiger partial charge on any atom is 0.255 e. The van der Waals surface area contributed by atoms with Gasteiger partial charge in [0.2, 0.25) is 5.91 Å². The van der Waals surface area contributed by atoms with Gasteiger partial charge in [-0.2, -0.15) is 0 Å². The number of rotatable bonds is 7. The molecule has 0 aromatic heterocycles. The molecule has 2 aromatic carbocycles. The molecule has 1 heterocycles. The summed E-state index contributed by atoms with van der Waals surface area (Å²) < 4.78 is 16.7. The number of amides is 2. The van der Waals surface area contributed by atoms with Gasteiger partial charge in [0.05, 0.1) is 31.2 Å². The summed E-state index contributed by atoms with van der Waals surface area (Å²) in [5.41, 5.74) is 1.07. The lowest BCUT2D eigenvalue weighted by Gasteiger charge is -2.24. The van der Waals surface area contributed by atoms with Crippen molar-refractivity contribution in [2.75, 3.05) is 37.8 Å². The number of hydrogen-bond acceptors (Lipinski definition) is 6. The summed E-state index contributed by atoms with van der Waals surface area (Å²) in [4.78, 5) is 27.6. The second-order valence-corrected chi connectivity index (χ2v) is 8.28. The highest BCUT2D eigenvalue weighted by Gasteiger charge is 2.35. The van der Waals surface area contributed by atoms with Crippen molar-refractivity contribution in [3.63, 3.8) is 0 Å². The highest BCUT2D eigenvalue weighted by Crippen LogP contribution is 2.37. The molecule has 1 N–H and O–H groups in total. The van der Waals surface area contributed by atoms with Crippen LogP contribution in [0.15, 0.2) is 40.9 Å². The fourth-order valence-electron chi connectivity index (χ4n) is 3.05. The molecule has 1 unspecified atom stereocenters. The summed E-state index contributed by atoms with van der Waals surface area (Å²) in [5, 5.41) is 2.88. The number of carbonyl (C=O) groups excluding carboxylic acids is 2. The number of benzene rings is 2. The first-order chi connectivity index (χ1) is 14.5. The van der Waals surface area contributed by atoms with Crippen molar-refractivity contribution in [1.82, 2.24) is 4.90 Å². The number of halogens is 1. The first-order valence-electron chi connectivity index (χ1n) is 9.32. The Labute approximate surface area is 188 Å². The second-order valence-electron chi connectivity index (χ2n) is 6.43. The molecule has 2 aromatic rings. The van der Waals surface area contributed by atoms with Crippen molar-refractivity contribution < 1.29 is 23.8 Å². The van der Waals surface area contributed by atoms with Gasteiger partial charge in [-0.3, -0.25) is 9.59 Å². The van der Waals surface area contributed by atoms with Crippen LogP contribution in [0.5, 0.6) is 17.2 Å². The zero-order valence-electron chi connectivity index (χ0n) is 16.9. The van der Waals surface area contributed by atoms with Gasteiger partial charge in [0.1, 0.15) is 11.8 Å². The molecule has 0 saturated carbocycles. The van der Waals surface area contributed by atoms with E-state index in [2.05, 4.69) is 21.2 Å². The van der Waals surface area contributed by atoms with Gasteiger partial charge in [-0.05, 0) is 59.3 Å². The van der Waals surface area contributed by atoms with Crippen molar-refractivity contribution >= 4 is 45.2 Å². The normalized spacial score (nSPS) is 15.6. The Morgan fingerprint density at radius 1 is 1.20 bits per heavy atom. The third kappa shape index (κ3) is 4.84. The van der Waals surface area contributed by atoms with Crippen LogP contribution in [0.3, 0.4) is 0 Å². The second kappa shape index (κ2) is 10.1. The van der Waals surface area contributed by atoms with Crippen molar-refractivity contribution in [1.29, 1.82) is 0 Å². The van der Waals surface area contributed by atoms with E-state index in [9.17, 15) is 9.59 Å². The average molecular weight is 495 g/mol. The topological polar surface area (TPSA) is 77.1 Å². The minimum atomic E-state index is -0.569. The Hall–Kier alpha value is -2.39. The summed E-state index contributed by atoms with van der Waals surface area (Å²) in [5.74, 6) is 2.21. The van der Waals surface area contributed by atoms with Gasteiger partial charge in [-0.15, -0.1) is 11.8 Å². The maximum absolute atomic E-state index is 13.2. The van der Waals surface area contributed by atoms with Crippen molar-refractivity contribution in [2.24, 2.45) is 0 Å². The molecule has 2 amide bonds. The van der Waals surface area contributed by atoms with Crippen LogP contribution in [-0.4, -0.2) is 55.2 Å². The van der Waals surface area contributed by atoms with Crippen LogP contribution in [0, 0.1) is 0 Å². The molecule has 0 spiro atoms. The number of methoxy groups -OCH3 is 2. The van der Waals surface area contributed by atoms with E-state index < -0.39 is 6.04 Å². The van der Waals surface area contributed by atoms with Crippen molar-refractivity contribution in [3.05, 3.63) is 46.4 Å².